The van der Waals surface area contributed by atoms with Gasteiger partial charge in [-0.05, 0) is 49.1 Å². The van der Waals surface area contributed by atoms with E-state index >= 15 is 0 Å². The maximum Gasteiger partial charge on any atom is 0.0603 e. The van der Waals surface area contributed by atoms with E-state index in [-0.39, 0.29) is 0 Å². The fourth-order valence-electron chi connectivity index (χ4n) is 3.25. The lowest BCUT2D eigenvalue weighted by molar-refractivity contribution is -0.0714. The zero-order chi connectivity index (χ0) is 13.7. The van der Waals surface area contributed by atoms with Gasteiger partial charge in [0.2, 0.25) is 0 Å². The van der Waals surface area contributed by atoms with Crippen LogP contribution >= 0.6 is 0 Å². The average Bonchev–Trinajstić information content (AvgIpc) is 2.40. The molecule has 1 aromatic rings. The van der Waals surface area contributed by atoms with E-state index in [1.54, 1.807) is 0 Å². The first-order valence-corrected chi connectivity index (χ1v) is 7.51. The standard InChI is InChI=1S/C17H27NO/c1-14(2)16-13-17(8-10-18,9-11-19-16)12-15-6-4-3-5-7-15/h3-7,14,16H,8-13,18H2,1-2H3/t16-,17-/m1/s1. The Morgan fingerprint density at radius 2 is 2.05 bits per heavy atom. The predicted octanol–water partition coefficient (Wildman–Crippen LogP) is 3.40. The van der Waals surface area contributed by atoms with Crippen LogP contribution in [0.15, 0.2) is 30.3 Å². The van der Waals surface area contributed by atoms with E-state index in [0.717, 1.165) is 38.8 Å². The number of nitrogens with two attached hydrogens (primary N) is 1. The molecule has 0 aromatic heterocycles. The van der Waals surface area contributed by atoms with Crippen LogP contribution in [0.25, 0.3) is 0 Å². The molecule has 1 aromatic carbocycles. The monoisotopic (exact) mass is 261 g/mol. The van der Waals surface area contributed by atoms with Crippen LogP contribution in [0, 0.1) is 11.3 Å². The van der Waals surface area contributed by atoms with Gasteiger partial charge in [-0.2, -0.15) is 0 Å². The molecule has 1 fully saturated rings. The zero-order valence-corrected chi connectivity index (χ0v) is 12.3. The van der Waals surface area contributed by atoms with Crippen molar-refractivity contribution in [2.75, 3.05) is 13.2 Å². The summed E-state index contributed by atoms with van der Waals surface area (Å²) >= 11 is 0. The maximum absolute atomic E-state index is 5.94. The minimum atomic E-state index is 0.337. The number of rotatable bonds is 5. The molecule has 106 valence electrons. The van der Waals surface area contributed by atoms with Gasteiger partial charge in [0.05, 0.1) is 6.10 Å². The second-order valence-corrected chi connectivity index (χ2v) is 6.31. The first kappa shape index (κ1) is 14.5. The molecular formula is C17H27NO. The minimum absolute atomic E-state index is 0.337. The third-order valence-corrected chi connectivity index (χ3v) is 4.44. The van der Waals surface area contributed by atoms with Gasteiger partial charge >= 0.3 is 0 Å². The van der Waals surface area contributed by atoms with E-state index in [4.69, 9.17) is 10.5 Å². The highest BCUT2D eigenvalue weighted by Crippen LogP contribution is 2.41. The molecule has 19 heavy (non-hydrogen) atoms. The summed E-state index contributed by atoms with van der Waals surface area (Å²) in [6.45, 7) is 6.17. The first-order valence-electron chi connectivity index (χ1n) is 7.51. The van der Waals surface area contributed by atoms with E-state index in [2.05, 4.69) is 44.2 Å². The van der Waals surface area contributed by atoms with Crippen molar-refractivity contribution in [1.82, 2.24) is 0 Å². The summed E-state index contributed by atoms with van der Waals surface area (Å²) in [5, 5.41) is 0. The van der Waals surface area contributed by atoms with Gasteiger partial charge in [0.25, 0.3) is 0 Å². The van der Waals surface area contributed by atoms with E-state index in [9.17, 15) is 0 Å². The van der Waals surface area contributed by atoms with Gasteiger partial charge in [-0.1, -0.05) is 44.2 Å². The normalized spacial score (nSPS) is 27.7. The first-order chi connectivity index (χ1) is 9.15. The number of hydrogen-bond donors (Lipinski definition) is 1. The number of ether oxygens (including phenoxy) is 1. The molecule has 1 aliphatic heterocycles. The van der Waals surface area contributed by atoms with Gasteiger partial charge in [-0.3, -0.25) is 0 Å². The highest BCUT2D eigenvalue weighted by molar-refractivity contribution is 5.17. The summed E-state index contributed by atoms with van der Waals surface area (Å²) in [5.41, 5.74) is 7.65. The summed E-state index contributed by atoms with van der Waals surface area (Å²) in [7, 11) is 0. The molecule has 2 rings (SSSR count). The predicted molar refractivity (Wildman–Crippen MR) is 80.1 cm³/mol. The van der Waals surface area contributed by atoms with E-state index < -0.39 is 0 Å². The molecule has 2 heteroatoms. The second-order valence-electron chi connectivity index (χ2n) is 6.31. The quantitative estimate of drug-likeness (QED) is 0.881. The maximum atomic E-state index is 5.94. The molecule has 2 N–H and O–H groups in total. The molecule has 0 spiro atoms. The fourth-order valence-corrected chi connectivity index (χ4v) is 3.25. The lowest BCUT2D eigenvalue weighted by Crippen LogP contribution is -2.40. The molecule has 1 heterocycles. The summed E-state index contributed by atoms with van der Waals surface area (Å²) in [6, 6.07) is 10.8. The molecule has 2 atom stereocenters. The Kier molecular flexibility index (Phi) is 5.00. The highest BCUT2D eigenvalue weighted by Gasteiger charge is 2.37. The SMILES string of the molecule is CC(C)[C@H]1C[C@@](CCN)(Cc2ccccc2)CCO1. The second kappa shape index (κ2) is 6.53. The summed E-state index contributed by atoms with van der Waals surface area (Å²) in [6.07, 6.45) is 4.93. The van der Waals surface area contributed by atoms with Crippen molar-refractivity contribution in [2.24, 2.45) is 17.1 Å². The lowest BCUT2D eigenvalue weighted by atomic mass is 9.69. The van der Waals surface area contributed by atoms with Crippen molar-refractivity contribution >= 4 is 0 Å². The Labute approximate surface area is 117 Å². The van der Waals surface area contributed by atoms with Crippen LogP contribution in [-0.4, -0.2) is 19.3 Å². The Bertz CT molecular complexity index is 372. The van der Waals surface area contributed by atoms with Crippen molar-refractivity contribution < 1.29 is 4.74 Å². The molecule has 0 aliphatic carbocycles. The Balaban J connectivity index is 2.12. The van der Waals surface area contributed by atoms with Crippen LogP contribution in [0.1, 0.15) is 38.7 Å². The molecule has 2 nitrogen and oxygen atoms in total. The van der Waals surface area contributed by atoms with Crippen molar-refractivity contribution in [3.05, 3.63) is 35.9 Å². The summed E-state index contributed by atoms with van der Waals surface area (Å²) in [4.78, 5) is 0. The minimum Gasteiger partial charge on any atom is -0.378 e. The molecular weight excluding hydrogens is 234 g/mol. The van der Waals surface area contributed by atoms with Gasteiger partial charge in [-0.15, -0.1) is 0 Å². The van der Waals surface area contributed by atoms with E-state index in [1.807, 2.05) is 0 Å². The number of hydrogen-bond acceptors (Lipinski definition) is 2. The third-order valence-electron chi connectivity index (χ3n) is 4.44. The van der Waals surface area contributed by atoms with Crippen LogP contribution in [0.2, 0.25) is 0 Å². The topological polar surface area (TPSA) is 35.2 Å². The van der Waals surface area contributed by atoms with Gasteiger partial charge in [0.1, 0.15) is 0 Å². The summed E-state index contributed by atoms with van der Waals surface area (Å²) in [5.74, 6) is 0.591. The van der Waals surface area contributed by atoms with Crippen LogP contribution in [0.5, 0.6) is 0 Å². The third kappa shape index (κ3) is 3.80. The molecule has 0 amide bonds. The van der Waals surface area contributed by atoms with Crippen LogP contribution < -0.4 is 5.73 Å². The molecule has 1 saturated heterocycles. The van der Waals surface area contributed by atoms with Gasteiger partial charge < -0.3 is 10.5 Å². The van der Waals surface area contributed by atoms with Gasteiger partial charge in [0, 0.05) is 6.61 Å². The van der Waals surface area contributed by atoms with Crippen molar-refractivity contribution in [1.29, 1.82) is 0 Å². The van der Waals surface area contributed by atoms with Gasteiger partial charge in [0.15, 0.2) is 0 Å². The van der Waals surface area contributed by atoms with Crippen LogP contribution in [-0.2, 0) is 11.2 Å². The fraction of sp³-hybridized carbons (Fsp3) is 0.647. The molecule has 0 radical (unpaired) electrons. The molecule has 0 bridgehead atoms. The van der Waals surface area contributed by atoms with Crippen LogP contribution in [0.3, 0.4) is 0 Å². The molecule has 0 unspecified atom stereocenters. The molecule has 1 aliphatic rings. The largest absolute Gasteiger partial charge is 0.378 e. The summed E-state index contributed by atoms with van der Waals surface area (Å²) < 4.78 is 5.94. The van der Waals surface area contributed by atoms with E-state index in [0.29, 0.717) is 17.4 Å². The highest BCUT2D eigenvalue weighted by atomic mass is 16.5. The van der Waals surface area contributed by atoms with Crippen LogP contribution in [0.4, 0.5) is 0 Å². The lowest BCUT2D eigenvalue weighted by Gasteiger charge is -2.42. The Morgan fingerprint density at radius 1 is 1.32 bits per heavy atom. The van der Waals surface area contributed by atoms with Crippen molar-refractivity contribution in [3.8, 4) is 0 Å². The Morgan fingerprint density at radius 3 is 2.68 bits per heavy atom. The molecule has 0 saturated carbocycles. The van der Waals surface area contributed by atoms with Crippen molar-refractivity contribution in [3.63, 3.8) is 0 Å². The van der Waals surface area contributed by atoms with Crippen molar-refractivity contribution in [2.45, 2.75) is 45.6 Å². The average molecular weight is 261 g/mol. The Hall–Kier alpha value is -0.860. The van der Waals surface area contributed by atoms with E-state index in [1.165, 1.54) is 5.56 Å². The zero-order valence-electron chi connectivity index (χ0n) is 12.3. The smallest absolute Gasteiger partial charge is 0.0603 e. The van der Waals surface area contributed by atoms with Gasteiger partial charge in [-0.25, -0.2) is 0 Å². The number of benzene rings is 1.